The second-order valence-corrected chi connectivity index (χ2v) is 7.03. The summed E-state index contributed by atoms with van der Waals surface area (Å²) in [4.78, 5) is 24.9. The van der Waals surface area contributed by atoms with Gasteiger partial charge in [0, 0.05) is 11.1 Å². The van der Waals surface area contributed by atoms with Crippen molar-refractivity contribution in [1.82, 2.24) is 0 Å². The third kappa shape index (κ3) is 4.08. The van der Waals surface area contributed by atoms with Crippen LogP contribution in [0.4, 0.5) is 0 Å². The lowest BCUT2D eigenvalue weighted by Gasteiger charge is -2.06. The summed E-state index contributed by atoms with van der Waals surface area (Å²) in [6.45, 7) is 2.09. The summed E-state index contributed by atoms with van der Waals surface area (Å²) in [6, 6.07) is 19.1. The number of esters is 1. The van der Waals surface area contributed by atoms with E-state index in [9.17, 15) is 9.59 Å². The molecule has 144 valence electrons. The molecule has 0 atom stereocenters. The molecule has 4 rings (SSSR count). The zero-order chi connectivity index (χ0) is 20.4. The fraction of sp³-hybridized carbons (Fsp3) is 0.0833. The number of aryl methyl sites for hydroxylation is 1. The number of hydrogen-bond acceptors (Lipinski definition) is 4. The maximum absolute atomic E-state index is 12.6. The quantitative estimate of drug-likeness (QED) is 0.316. The normalized spacial score (nSPS) is 13.9. The number of halogens is 1. The van der Waals surface area contributed by atoms with Crippen LogP contribution in [0.2, 0.25) is 5.02 Å². The lowest BCUT2D eigenvalue weighted by Crippen LogP contribution is -2.08. The molecule has 29 heavy (non-hydrogen) atoms. The molecule has 3 aromatic carbocycles. The highest BCUT2D eigenvalue weighted by molar-refractivity contribution is 6.30. The average Bonchev–Trinajstić information content (AvgIpc) is 3.03. The number of Topliss-reactive ketones (excluding diaryl/α,β-unsaturated/α-hetero) is 1. The molecule has 4 nitrogen and oxygen atoms in total. The largest absolute Gasteiger partial charge is 0.452 e. The first-order chi connectivity index (χ1) is 14.0. The smallest absolute Gasteiger partial charge is 0.343 e. The van der Waals surface area contributed by atoms with E-state index in [0.717, 1.165) is 12.0 Å². The Morgan fingerprint density at radius 3 is 2.59 bits per heavy atom. The van der Waals surface area contributed by atoms with Gasteiger partial charge in [0.2, 0.25) is 5.78 Å². The highest BCUT2D eigenvalue weighted by Crippen LogP contribution is 2.35. The van der Waals surface area contributed by atoms with E-state index in [-0.39, 0.29) is 17.3 Å². The molecule has 1 heterocycles. The van der Waals surface area contributed by atoms with Crippen LogP contribution >= 0.6 is 11.6 Å². The molecule has 0 radical (unpaired) electrons. The zero-order valence-corrected chi connectivity index (χ0v) is 16.4. The van der Waals surface area contributed by atoms with Crippen molar-refractivity contribution in [3.8, 4) is 11.5 Å². The van der Waals surface area contributed by atoms with Gasteiger partial charge in [-0.3, -0.25) is 4.79 Å². The Morgan fingerprint density at radius 2 is 1.86 bits per heavy atom. The number of carbonyl (C=O) groups excluding carboxylic acids is 2. The van der Waals surface area contributed by atoms with E-state index >= 15 is 0 Å². The molecule has 0 saturated heterocycles. The van der Waals surface area contributed by atoms with E-state index in [1.807, 2.05) is 24.3 Å². The van der Waals surface area contributed by atoms with Gasteiger partial charge >= 0.3 is 5.97 Å². The third-order valence-corrected chi connectivity index (χ3v) is 4.83. The van der Waals surface area contributed by atoms with Gasteiger partial charge in [-0.05, 0) is 54.0 Å². The molecule has 5 heteroatoms. The summed E-state index contributed by atoms with van der Waals surface area (Å²) in [6.07, 6.45) is 2.66. The highest BCUT2D eigenvalue weighted by atomic mass is 35.5. The van der Waals surface area contributed by atoms with Crippen molar-refractivity contribution in [2.24, 2.45) is 0 Å². The summed E-state index contributed by atoms with van der Waals surface area (Å²) >= 11 is 5.91. The Labute approximate surface area is 173 Å². The topological polar surface area (TPSA) is 52.6 Å². The Morgan fingerprint density at radius 1 is 1.07 bits per heavy atom. The molecule has 0 spiro atoms. The van der Waals surface area contributed by atoms with Crippen LogP contribution in [0.25, 0.3) is 6.08 Å². The van der Waals surface area contributed by atoms with Crippen molar-refractivity contribution in [3.63, 3.8) is 0 Å². The number of benzene rings is 3. The molecule has 0 saturated carbocycles. The molecule has 0 bridgehead atoms. The summed E-state index contributed by atoms with van der Waals surface area (Å²) < 4.78 is 11.1. The monoisotopic (exact) mass is 404 g/mol. The highest BCUT2D eigenvalue weighted by Gasteiger charge is 2.28. The van der Waals surface area contributed by atoms with Gasteiger partial charge in [0.15, 0.2) is 5.76 Å². The minimum Gasteiger partial charge on any atom is -0.452 e. The predicted octanol–water partition coefficient (Wildman–Crippen LogP) is 5.74. The van der Waals surface area contributed by atoms with Crippen molar-refractivity contribution in [2.45, 2.75) is 13.3 Å². The molecule has 1 aliphatic rings. The van der Waals surface area contributed by atoms with Gasteiger partial charge < -0.3 is 9.47 Å². The van der Waals surface area contributed by atoms with Crippen molar-refractivity contribution in [3.05, 3.63) is 99.8 Å². The summed E-state index contributed by atoms with van der Waals surface area (Å²) in [7, 11) is 0. The van der Waals surface area contributed by atoms with Crippen molar-refractivity contribution in [1.29, 1.82) is 0 Å². The van der Waals surface area contributed by atoms with E-state index in [1.165, 1.54) is 17.7 Å². The van der Waals surface area contributed by atoms with Crippen LogP contribution in [-0.4, -0.2) is 11.8 Å². The first-order valence-corrected chi connectivity index (χ1v) is 9.56. The molecule has 0 fully saturated rings. The molecule has 0 amide bonds. The second-order valence-electron chi connectivity index (χ2n) is 6.59. The summed E-state index contributed by atoms with van der Waals surface area (Å²) in [5.41, 5.74) is 2.88. The number of fused-ring (bicyclic) bond motifs is 1. The lowest BCUT2D eigenvalue weighted by atomic mass is 10.1. The lowest BCUT2D eigenvalue weighted by molar-refractivity contribution is 0.0734. The number of allylic oxidation sites excluding steroid dienone is 1. The van der Waals surface area contributed by atoms with Crippen molar-refractivity contribution in [2.75, 3.05) is 0 Å². The van der Waals surface area contributed by atoms with Gasteiger partial charge in [-0.1, -0.05) is 48.9 Å². The van der Waals surface area contributed by atoms with E-state index in [4.69, 9.17) is 21.1 Å². The molecule has 0 unspecified atom stereocenters. The van der Waals surface area contributed by atoms with Gasteiger partial charge in [-0.15, -0.1) is 0 Å². The zero-order valence-electron chi connectivity index (χ0n) is 15.6. The van der Waals surface area contributed by atoms with Crippen LogP contribution in [0.5, 0.6) is 11.5 Å². The number of rotatable bonds is 4. The van der Waals surface area contributed by atoms with E-state index in [2.05, 4.69) is 6.92 Å². The number of ether oxygens (including phenoxy) is 2. The first-order valence-electron chi connectivity index (χ1n) is 9.18. The SMILES string of the molecule is CCc1ccc(/C=C2\Oc3cc(OC(=O)c4cccc(Cl)c4)ccc3C2=O)cc1. The van der Waals surface area contributed by atoms with Crippen LogP contribution in [-0.2, 0) is 6.42 Å². The standard InChI is InChI=1S/C24H17ClO4/c1-2-15-6-8-16(9-7-15)12-22-23(26)20-11-10-19(14-21(20)29-22)28-24(27)17-4-3-5-18(25)13-17/h3-14H,2H2,1H3/b22-12-. The van der Waals surface area contributed by atoms with Gasteiger partial charge in [0.1, 0.15) is 11.5 Å². The maximum Gasteiger partial charge on any atom is 0.343 e. The minimum atomic E-state index is -0.538. The van der Waals surface area contributed by atoms with Gasteiger partial charge in [-0.25, -0.2) is 4.79 Å². The van der Waals surface area contributed by atoms with E-state index < -0.39 is 5.97 Å². The molecule has 1 aliphatic heterocycles. The van der Waals surface area contributed by atoms with Crippen LogP contribution in [0.15, 0.2) is 72.5 Å². The third-order valence-electron chi connectivity index (χ3n) is 4.60. The predicted molar refractivity (Wildman–Crippen MR) is 112 cm³/mol. The van der Waals surface area contributed by atoms with Gasteiger partial charge in [-0.2, -0.15) is 0 Å². The second kappa shape index (κ2) is 7.94. The summed E-state index contributed by atoms with van der Waals surface area (Å²) in [5.74, 6) is 0.149. The number of carbonyl (C=O) groups is 2. The number of hydrogen-bond donors (Lipinski definition) is 0. The average molecular weight is 405 g/mol. The molecule has 0 aliphatic carbocycles. The Balaban J connectivity index is 1.53. The molecule has 0 aromatic heterocycles. The minimum absolute atomic E-state index is 0.202. The molecular formula is C24H17ClO4. The first kappa shape index (κ1) is 19.0. The molecular weight excluding hydrogens is 388 g/mol. The van der Waals surface area contributed by atoms with Crippen molar-refractivity contribution < 1.29 is 19.1 Å². The molecule has 0 N–H and O–H groups in total. The Hall–Kier alpha value is -3.37. The van der Waals surface area contributed by atoms with Crippen LogP contribution in [0.1, 0.15) is 38.8 Å². The fourth-order valence-electron chi connectivity index (χ4n) is 3.01. The molecule has 3 aromatic rings. The summed E-state index contributed by atoms with van der Waals surface area (Å²) in [5, 5.41) is 0.448. The Kier molecular flexibility index (Phi) is 5.19. The van der Waals surface area contributed by atoms with Gasteiger partial charge in [0.25, 0.3) is 0 Å². The van der Waals surface area contributed by atoms with Gasteiger partial charge in [0.05, 0.1) is 11.1 Å². The Bertz CT molecular complexity index is 1130. The fourth-order valence-corrected chi connectivity index (χ4v) is 3.20. The van der Waals surface area contributed by atoms with Crippen LogP contribution in [0.3, 0.4) is 0 Å². The van der Waals surface area contributed by atoms with Crippen molar-refractivity contribution >= 4 is 29.4 Å². The van der Waals surface area contributed by atoms with Crippen LogP contribution in [0, 0.1) is 0 Å². The van der Waals surface area contributed by atoms with Crippen LogP contribution < -0.4 is 9.47 Å². The van der Waals surface area contributed by atoms with E-state index in [0.29, 0.717) is 21.9 Å². The maximum atomic E-state index is 12.6. The number of ketones is 1. The van der Waals surface area contributed by atoms with E-state index in [1.54, 1.807) is 36.4 Å².